The minimum absolute atomic E-state index is 0.126. The Kier molecular flexibility index (Phi) is 5.82. The number of primary amides is 1. The molecule has 0 bridgehead atoms. The van der Waals surface area contributed by atoms with Gasteiger partial charge in [-0.3, -0.25) is 15.1 Å². The van der Waals surface area contributed by atoms with Crippen LogP contribution < -0.4 is 21.6 Å². The summed E-state index contributed by atoms with van der Waals surface area (Å²) in [6.45, 7) is 0. The van der Waals surface area contributed by atoms with Crippen molar-refractivity contribution in [1.82, 2.24) is 0 Å². The monoisotopic (exact) mass is 447 g/mol. The number of nitrogens with one attached hydrogen (secondary N) is 1. The third-order valence-electron chi connectivity index (χ3n) is 4.42. The highest BCUT2D eigenvalue weighted by Crippen LogP contribution is 2.38. The van der Waals surface area contributed by atoms with E-state index < -0.39 is 23.5 Å². The van der Waals surface area contributed by atoms with Crippen LogP contribution in [0.2, 0.25) is 10.0 Å². The third-order valence-corrected chi connectivity index (χ3v) is 4.93. The van der Waals surface area contributed by atoms with E-state index in [1.54, 1.807) is 12.1 Å². The van der Waals surface area contributed by atoms with Crippen molar-refractivity contribution in [2.45, 2.75) is 5.54 Å². The van der Waals surface area contributed by atoms with Crippen LogP contribution in [0.3, 0.4) is 0 Å². The van der Waals surface area contributed by atoms with Crippen LogP contribution in [0.4, 0.5) is 10.5 Å². The number of amides is 2. The van der Waals surface area contributed by atoms with Gasteiger partial charge in [-0.1, -0.05) is 35.3 Å². The van der Waals surface area contributed by atoms with E-state index in [1.807, 2.05) is 0 Å². The number of benzene rings is 2. The Morgan fingerprint density at radius 1 is 1.23 bits per heavy atom. The zero-order valence-electron chi connectivity index (χ0n) is 15.5. The van der Waals surface area contributed by atoms with Crippen LogP contribution in [-0.4, -0.2) is 30.2 Å². The lowest BCUT2D eigenvalue weighted by Crippen LogP contribution is -2.35. The normalized spacial score (nSPS) is 17.4. The van der Waals surface area contributed by atoms with Crippen LogP contribution in [0.25, 0.3) is 5.57 Å². The minimum atomic E-state index is -1.96. The molecule has 0 radical (unpaired) electrons. The number of aliphatic carboxylic acids is 1. The van der Waals surface area contributed by atoms with Gasteiger partial charge in [-0.05, 0) is 35.9 Å². The molecule has 4 N–H and O–H groups in total. The van der Waals surface area contributed by atoms with E-state index in [0.717, 1.165) is 6.08 Å². The first-order valence-electron chi connectivity index (χ1n) is 8.45. The number of fused-ring (bicyclic) bond motifs is 1. The number of nitrogens with two attached hydrogens (primary N) is 1. The number of carboxylic acids is 1. The average Bonchev–Trinajstić information content (AvgIpc) is 3.02. The van der Waals surface area contributed by atoms with Crippen molar-refractivity contribution in [3.05, 3.63) is 74.7 Å². The van der Waals surface area contributed by atoms with Crippen LogP contribution in [0.15, 0.2) is 53.5 Å². The van der Waals surface area contributed by atoms with E-state index >= 15 is 0 Å². The summed E-state index contributed by atoms with van der Waals surface area (Å²) in [5.74, 6) is -2.10. The summed E-state index contributed by atoms with van der Waals surface area (Å²) < 4.78 is 4.57. The zero-order valence-corrected chi connectivity index (χ0v) is 17.0. The van der Waals surface area contributed by atoms with Crippen molar-refractivity contribution >= 4 is 52.4 Å². The zero-order chi connectivity index (χ0) is 22.1. The van der Waals surface area contributed by atoms with Crippen molar-refractivity contribution in [1.29, 1.82) is 0 Å². The predicted molar refractivity (Wildman–Crippen MR) is 111 cm³/mol. The Morgan fingerprint density at radius 2 is 1.97 bits per heavy atom. The molecule has 1 aliphatic heterocycles. The van der Waals surface area contributed by atoms with Gasteiger partial charge in [0.2, 0.25) is 11.4 Å². The van der Waals surface area contributed by atoms with Crippen LogP contribution in [-0.2, 0) is 19.9 Å². The number of nitrogens with zero attached hydrogens (tertiary/aromatic N) is 1. The molecule has 1 atom stereocenters. The average molecular weight is 448 g/mol. The molecule has 2 aromatic rings. The van der Waals surface area contributed by atoms with Gasteiger partial charge in [-0.15, -0.1) is 0 Å². The molecule has 1 heterocycles. The van der Waals surface area contributed by atoms with E-state index in [4.69, 9.17) is 28.9 Å². The van der Waals surface area contributed by atoms with Gasteiger partial charge < -0.3 is 15.6 Å². The molecule has 2 aromatic carbocycles. The Morgan fingerprint density at radius 3 is 2.60 bits per heavy atom. The number of rotatable bonds is 5. The van der Waals surface area contributed by atoms with Gasteiger partial charge in [0, 0.05) is 27.6 Å². The summed E-state index contributed by atoms with van der Waals surface area (Å²) in [6.07, 6.45) is 1.57. The fourth-order valence-electron chi connectivity index (χ4n) is 3.20. The number of carbonyl (C=O) groups is 3. The van der Waals surface area contributed by atoms with Gasteiger partial charge in [0.1, 0.15) is 0 Å². The fourth-order valence-corrected chi connectivity index (χ4v) is 3.79. The van der Waals surface area contributed by atoms with Crippen LogP contribution >= 0.6 is 23.2 Å². The van der Waals surface area contributed by atoms with Crippen LogP contribution in [0.5, 0.6) is 0 Å². The van der Waals surface area contributed by atoms with Gasteiger partial charge in [-0.25, -0.2) is 9.59 Å². The molecule has 0 fully saturated rings. The lowest BCUT2D eigenvalue weighted by molar-refractivity contribution is -0.141. The third kappa shape index (κ3) is 3.74. The molecule has 1 aliphatic rings. The molecule has 0 saturated heterocycles. The quantitative estimate of drug-likeness (QED) is 0.602. The summed E-state index contributed by atoms with van der Waals surface area (Å²) in [5, 5.41) is 13.7. The standard InChI is InChI=1S/C20H15Cl2N3O5/c1-30-19(29)24-12-4-2-3-10(7-12)20(18(27)28)13(5-6-16(23)26)17-14(22)8-11(21)9-15(17)25-20/h2-9H,1H3,(H2,23,26)(H,24,29)(H,27,28). The van der Waals surface area contributed by atoms with Crippen molar-refractivity contribution in [3.8, 4) is 0 Å². The first-order valence-corrected chi connectivity index (χ1v) is 9.20. The molecular weight excluding hydrogens is 433 g/mol. The molecule has 30 heavy (non-hydrogen) atoms. The largest absolute Gasteiger partial charge is 0.479 e. The van der Waals surface area contributed by atoms with E-state index in [9.17, 15) is 19.5 Å². The molecule has 154 valence electrons. The molecule has 0 spiro atoms. The van der Waals surface area contributed by atoms with Crippen molar-refractivity contribution in [2.24, 2.45) is 10.7 Å². The molecule has 3 rings (SSSR count). The number of ether oxygens (including phenoxy) is 1. The Labute approximate surface area is 180 Å². The van der Waals surface area contributed by atoms with Gasteiger partial charge in [0.25, 0.3) is 0 Å². The Hall–Kier alpha value is -3.36. The first-order chi connectivity index (χ1) is 14.2. The summed E-state index contributed by atoms with van der Waals surface area (Å²) in [5.41, 5.74) is 3.87. The second kappa shape index (κ2) is 8.17. The smallest absolute Gasteiger partial charge is 0.411 e. The highest BCUT2D eigenvalue weighted by molar-refractivity contribution is 6.34. The van der Waals surface area contributed by atoms with E-state index in [1.165, 1.54) is 37.5 Å². The lowest BCUT2D eigenvalue weighted by atomic mass is 9.82. The molecule has 0 aliphatic carbocycles. The van der Waals surface area contributed by atoms with Gasteiger partial charge in [0.15, 0.2) is 0 Å². The topological polar surface area (TPSA) is 131 Å². The SMILES string of the molecule is COC(=O)Nc1cccc(C2(C(=O)O)N=c3cc(Cl)cc(Cl)c3=C2C=CC(N)=O)c1. The highest BCUT2D eigenvalue weighted by atomic mass is 35.5. The minimum Gasteiger partial charge on any atom is -0.479 e. The second-order valence-electron chi connectivity index (χ2n) is 6.26. The maximum atomic E-state index is 12.6. The summed E-state index contributed by atoms with van der Waals surface area (Å²) in [4.78, 5) is 39.9. The van der Waals surface area contributed by atoms with Gasteiger partial charge >= 0.3 is 12.1 Å². The van der Waals surface area contributed by atoms with E-state index in [-0.39, 0.29) is 32.2 Å². The summed E-state index contributed by atoms with van der Waals surface area (Å²) in [7, 11) is 1.20. The number of methoxy groups -OCH3 is 1. The number of halogens is 2. The Bertz CT molecular complexity index is 1230. The lowest BCUT2D eigenvalue weighted by Gasteiger charge is -2.25. The van der Waals surface area contributed by atoms with Gasteiger partial charge in [0.05, 0.1) is 17.5 Å². The van der Waals surface area contributed by atoms with E-state index in [2.05, 4.69) is 15.0 Å². The van der Waals surface area contributed by atoms with Gasteiger partial charge in [-0.2, -0.15) is 0 Å². The molecule has 0 saturated carbocycles. The molecule has 2 amide bonds. The number of hydrogen-bond acceptors (Lipinski definition) is 5. The highest BCUT2D eigenvalue weighted by Gasteiger charge is 2.46. The van der Waals surface area contributed by atoms with E-state index in [0.29, 0.717) is 5.22 Å². The molecule has 8 nitrogen and oxygen atoms in total. The van der Waals surface area contributed by atoms with Crippen molar-refractivity contribution in [3.63, 3.8) is 0 Å². The number of carboxylic acid groups (broad SMARTS) is 1. The Balaban J connectivity index is 2.35. The van der Waals surface area contributed by atoms with Crippen LogP contribution in [0.1, 0.15) is 5.56 Å². The number of anilines is 1. The first kappa shape index (κ1) is 21.4. The van der Waals surface area contributed by atoms with Crippen molar-refractivity contribution < 1.29 is 24.2 Å². The number of hydrogen-bond donors (Lipinski definition) is 3. The maximum Gasteiger partial charge on any atom is 0.411 e. The molecular formula is C20H15Cl2N3O5. The fraction of sp³-hybridized carbons (Fsp3) is 0.100. The number of carbonyl (C=O) groups excluding carboxylic acids is 2. The molecule has 1 unspecified atom stereocenters. The summed E-state index contributed by atoms with van der Waals surface area (Å²) in [6, 6.07) is 8.99. The van der Waals surface area contributed by atoms with Crippen LogP contribution in [0, 0.1) is 0 Å². The molecule has 0 aromatic heterocycles. The van der Waals surface area contributed by atoms with Crippen molar-refractivity contribution in [2.75, 3.05) is 12.4 Å². The second-order valence-corrected chi connectivity index (χ2v) is 7.10. The predicted octanol–water partition coefficient (Wildman–Crippen LogP) is 1.98. The maximum absolute atomic E-state index is 12.6. The molecule has 10 heteroatoms. The summed E-state index contributed by atoms with van der Waals surface area (Å²) >= 11 is 12.4.